The summed E-state index contributed by atoms with van der Waals surface area (Å²) < 4.78 is 3.06. The van der Waals surface area contributed by atoms with Crippen LogP contribution in [0.1, 0.15) is 126 Å². The number of nitrogens with zero attached hydrogens (tertiary/aromatic N) is 4. The Morgan fingerprint density at radius 2 is 1.56 bits per heavy atom. The molecule has 4 aliphatic rings. The summed E-state index contributed by atoms with van der Waals surface area (Å²) in [6, 6.07) is 11.2. The van der Waals surface area contributed by atoms with Crippen molar-refractivity contribution in [2.24, 2.45) is 30.5 Å². The topological polar surface area (TPSA) is 215 Å². The maximum atomic E-state index is 14.0. The van der Waals surface area contributed by atoms with Gasteiger partial charge in [-0.1, -0.05) is 51.1 Å². The first-order chi connectivity index (χ1) is 30.6. The summed E-state index contributed by atoms with van der Waals surface area (Å²) in [5.41, 5.74) is 9.74. The van der Waals surface area contributed by atoms with Crippen LogP contribution in [0.5, 0.6) is 0 Å². The van der Waals surface area contributed by atoms with Crippen LogP contribution in [0.2, 0.25) is 0 Å². The van der Waals surface area contributed by atoms with Gasteiger partial charge in [0.25, 0.3) is 0 Å². The van der Waals surface area contributed by atoms with Gasteiger partial charge in [0.05, 0.1) is 17.0 Å². The highest BCUT2D eigenvalue weighted by Crippen LogP contribution is 2.35. The van der Waals surface area contributed by atoms with Gasteiger partial charge >= 0.3 is 5.69 Å². The number of hydrogen-bond donors (Lipinski definition) is 4. The molecule has 3 aliphatic heterocycles. The molecule has 3 saturated heterocycles. The fraction of sp³-hybridized carbons (Fsp3) is 0.583. The molecule has 3 aromatic rings. The van der Waals surface area contributed by atoms with Crippen LogP contribution < -0.4 is 27.4 Å². The van der Waals surface area contributed by atoms with Crippen molar-refractivity contribution in [2.45, 2.75) is 141 Å². The van der Waals surface area contributed by atoms with Gasteiger partial charge < -0.3 is 26.2 Å². The Morgan fingerprint density at radius 3 is 2.25 bits per heavy atom. The van der Waals surface area contributed by atoms with E-state index >= 15 is 0 Å². The number of aryl methyl sites for hydroxylation is 1. The SMILES string of the molecule is CC(C)c1ccc(CNC(=O)[C@H](CCC(N)=O)NC(=O)[C@@H]2CC[C@@H]3CCN(C(=O)C[C@H]4CC[C@@H](Cc5ccc6c(c5)n(C)c(=O)n6C5CCC(=O)NC5=O)CC4)C[C@H](C)C(=O)N32)cc1. The highest BCUT2D eigenvalue weighted by Gasteiger charge is 2.45. The number of imide groups is 1. The maximum absolute atomic E-state index is 14.0. The van der Waals surface area contributed by atoms with E-state index in [1.165, 1.54) is 10.1 Å². The molecule has 7 rings (SSSR count). The monoisotopic (exact) mass is 880 g/mol. The van der Waals surface area contributed by atoms with Crippen molar-refractivity contribution in [2.75, 3.05) is 13.1 Å². The van der Waals surface area contributed by atoms with E-state index in [2.05, 4.69) is 29.8 Å². The van der Waals surface area contributed by atoms with Crippen molar-refractivity contribution in [1.29, 1.82) is 0 Å². The standard InChI is InChI=1S/C48H64N8O8/c1-28(2)34-12-9-32(10-13-34)26-50-44(60)36(15-19-41(49)57)51-45(61)38-17-14-35-21-22-54(27-29(3)47(63)55(35)38)43(59)25-31-7-5-30(6-8-31)23-33-11-16-37-40(24-33)53(4)48(64)56(37)39-18-20-42(58)52-46(39)62/h9-13,16,24,28-31,35-36,38-39H,5-8,14-15,17-23,25-27H2,1-4H3,(H2,49,57)(H,50,60)(H,51,61)(H,52,58,62)/t29-,30-,31+,35+,36-,38-,39?/m0/s1. The lowest BCUT2D eigenvalue weighted by molar-refractivity contribution is -0.147. The van der Waals surface area contributed by atoms with Crippen LogP contribution in [-0.2, 0) is 53.6 Å². The van der Waals surface area contributed by atoms with Crippen LogP contribution >= 0.6 is 0 Å². The lowest BCUT2D eigenvalue weighted by Crippen LogP contribution is -2.57. The van der Waals surface area contributed by atoms with Crippen molar-refractivity contribution >= 4 is 52.4 Å². The Labute approximate surface area is 374 Å². The molecule has 4 fully saturated rings. The molecule has 16 nitrogen and oxygen atoms in total. The van der Waals surface area contributed by atoms with Crippen LogP contribution in [0, 0.1) is 17.8 Å². The summed E-state index contributed by atoms with van der Waals surface area (Å²) in [6.45, 7) is 7.02. The first-order valence-corrected chi connectivity index (χ1v) is 23.2. The van der Waals surface area contributed by atoms with Gasteiger partial charge in [0.2, 0.25) is 41.4 Å². The average molecular weight is 881 g/mol. The van der Waals surface area contributed by atoms with Crippen molar-refractivity contribution in [3.05, 3.63) is 69.6 Å². The zero-order valence-electron chi connectivity index (χ0n) is 37.6. The molecule has 1 unspecified atom stereocenters. The second-order valence-corrected chi connectivity index (χ2v) is 19.0. The number of piperidine rings is 1. The van der Waals surface area contributed by atoms with Gasteiger partial charge in [-0.25, -0.2) is 4.79 Å². The lowest BCUT2D eigenvalue weighted by atomic mass is 9.78. The fourth-order valence-corrected chi connectivity index (χ4v) is 10.3. The molecular formula is C48H64N8O8. The number of hydrogen-bond acceptors (Lipinski definition) is 8. The molecule has 5 N–H and O–H groups in total. The molecule has 2 aromatic carbocycles. The molecule has 5 atom stereocenters. The molecule has 0 bridgehead atoms. The summed E-state index contributed by atoms with van der Waals surface area (Å²) in [5.74, 6) is -1.84. The molecule has 0 spiro atoms. The van der Waals surface area contributed by atoms with Crippen LogP contribution in [0.15, 0.2) is 47.3 Å². The Bertz CT molecular complexity index is 2330. The first kappa shape index (κ1) is 46.2. The van der Waals surface area contributed by atoms with Crippen LogP contribution in [0.4, 0.5) is 0 Å². The first-order valence-electron chi connectivity index (χ1n) is 23.2. The third kappa shape index (κ3) is 10.4. The summed E-state index contributed by atoms with van der Waals surface area (Å²) in [4.78, 5) is 108. The van der Waals surface area contributed by atoms with Gasteiger partial charge in [-0.15, -0.1) is 0 Å². The molecule has 7 amide bonds. The number of benzene rings is 2. The van der Waals surface area contributed by atoms with E-state index < -0.39 is 47.7 Å². The molecule has 0 radical (unpaired) electrons. The largest absolute Gasteiger partial charge is 0.370 e. The number of nitrogens with one attached hydrogen (secondary N) is 3. The molecule has 16 heteroatoms. The van der Waals surface area contributed by atoms with E-state index in [0.717, 1.165) is 48.7 Å². The van der Waals surface area contributed by atoms with E-state index in [4.69, 9.17) is 5.73 Å². The van der Waals surface area contributed by atoms with Gasteiger partial charge in [0.15, 0.2) is 0 Å². The summed E-state index contributed by atoms with van der Waals surface area (Å²) in [5, 5.41) is 8.08. The smallest absolute Gasteiger partial charge is 0.329 e. The van der Waals surface area contributed by atoms with E-state index in [1.54, 1.807) is 23.4 Å². The van der Waals surface area contributed by atoms with Crippen molar-refractivity contribution in [1.82, 2.24) is 34.9 Å². The van der Waals surface area contributed by atoms with E-state index in [9.17, 15) is 38.4 Å². The van der Waals surface area contributed by atoms with Crippen LogP contribution in [0.25, 0.3) is 11.0 Å². The Morgan fingerprint density at radius 1 is 0.859 bits per heavy atom. The quantitative estimate of drug-likeness (QED) is 0.176. The zero-order chi connectivity index (χ0) is 45.8. The van der Waals surface area contributed by atoms with Crippen molar-refractivity contribution in [3.63, 3.8) is 0 Å². The highest BCUT2D eigenvalue weighted by molar-refractivity contribution is 6.00. The minimum atomic E-state index is -1.01. The molecule has 1 saturated carbocycles. The predicted molar refractivity (Wildman–Crippen MR) is 239 cm³/mol. The summed E-state index contributed by atoms with van der Waals surface area (Å²) in [7, 11) is 1.70. The Hall–Kier alpha value is -5.80. The van der Waals surface area contributed by atoms with Gasteiger partial charge in [-0.05, 0) is 111 Å². The van der Waals surface area contributed by atoms with Gasteiger partial charge in [-0.3, -0.25) is 48.0 Å². The van der Waals surface area contributed by atoms with E-state index in [0.29, 0.717) is 49.6 Å². The van der Waals surface area contributed by atoms with Gasteiger partial charge in [0.1, 0.15) is 18.1 Å². The third-order valence-electron chi connectivity index (χ3n) is 14.1. The summed E-state index contributed by atoms with van der Waals surface area (Å²) in [6.07, 6.45) is 7.04. The number of aromatic nitrogens is 2. The maximum Gasteiger partial charge on any atom is 0.329 e. The minimum Gasteiger partial charge on any atom is -0.370 e. The summed E-state index contributed by atoms with van der Waals surface area (Å²) >= 11 is 0. The number of nitrogens with two attached hydrogens (primary N) is 1. The number of primary amides is 1. The van der Waals surface area contributed by atoms with Crippen LogP contribution in [0.3, 0.4) is 0 Å². The predicted octanol–water partition coefficient (Wildman–Crippen LogP) is 3.47. The second-order valence-electron chi connectivity index (χ2n) is 19.0. The average Bonchev–Trinajstić information content (AvgIpc) is 3.79. The third-order valence-corrected chi connectivity index (χ3v) is 14.1. The number of imidazole rings is 1. The number of fused-ring (bicyclic) bond motifs is 2. The molecule has 344 valence electrons. The molecule has 1 aliphatic carbocycles. The van der Waals surface area contributed by atoms with Crippen molar-refractivity contribution < 1.29 is 33.6 Å². The van der Waals surface area contributed by atoms with E-state index in [1.807, 2.05) is 47.4 Å². The molecule has 64 heavy (non-hydrogen) atoms. The number of carbonyl (C=O) groups excluding carboxylic acids is 7. The van der Waals surface area contributed by atoms with E-state index in [-0.39, 0.29) is 74.1 Å². The normalized spacial score (nSPS) is 24.5. The molecular weight excluding hydrogens is 817 g/mol. The van der Waals surface area contributed by atoms with Gasteiger partial charge in [0, 0.05) is 52.0 Å². The number of carbonyl (C=O) groups is 7. The van der Waals surface area contributed by atoms with Crippen molar-refractivity contribution in [3.8, 4) is 0 Å². The van der Waals surface area contributed by atoms with Gasteiger partial charge in [-0.2, -0.15) is 0 Å². The molecule has 4 heterocycles. The Kier molecular flexibility index (Phi) is 14.4. The molecule has 1 aromatic heterocycles. The second kappa shape index (κ2) is 19.9. The Balaban J connectivity index is 0.899. The number of rotatable bonds is 14. The lowest BCUT2D eigenvalue weighted by Gasteiger charge is -2.38. The van der Waals surface area contributed by atoms with Crippen LogP contribution in [-0.4, -0.2) is 91.5 Å². The zero-order valence-corrected chi connectivity index (χ0v) is 37.6. The highest BCUT2D eigenvalue weighted by atomic mass is 16.2. The fourth-order valence-electron chi connectivity index (χ4n) is 10.3. The number of amides is 7. The minimum absolute atomic E-state index is 0.0304.